The minimum absolute atomic E-state index is 0.160. The Bertz CT molecular complexity index is 690. The number of aliphatic hydroxyl groups excluding tert-OH is 1. The Kier molecular flexibility index (Phi) is 3.12. The summed E-state index contributed by atoms with van der Waals surface area (Å²) in [6.07, 6.45) is -5.22. The molecule has 112 valence electrons. The van der Waals surface area contributed by atoms with Gasteiger partial charge in [0.15, 0.2) is 0 Å². The van der Waals surface area contributed by atoms with Crippen molar-refractivity contribution in [3.8, 4) is 0 Å². The predicted molar refractivity (Wildman–Crippen MR) is 67.3 cm³/mol. The number of benzene rings is 1. The Morgan fingerprint density at radius 1 is 1.33 bits per heavy atom. The number of carbonyl (C=O) groups is 1. The number of alkyl halides is 3. The summed E-state index contributed by atoms with van der Waals surface area (Å²) in [5.74, 6) is -1.55. The molecule has 1 aromatic heterocycles. The monoisotopic (exact) mass is 299 g/mol. The predicted octanol–water partition coefficient (Wildman–Crippen LogP) is 1.26. The first-order chi connectivity index (χ1) is 9.86. The Hall–Kier alpha value is -2.09. The SMILES string of the molecule is O=C(Cn1c(C(F)(F)F)nc2ccccc21)N1CC(O)C1. The van der Waals surface area contributed by atoms with Crippen molar-refractivity contribution in [2.75, 3.05) is 13.1 Å². The van der Waals surface area contributed by atoms with E-state index in [-0.39, 0.29) is 24.1 Å². The van der Waals surface area contributed by atoms with E-state index in [1.807, 2.05) is 0 Å². The van der Waals surface area contributed by atoms with Crippen LogP contribution < -0.4 is 0 Å². The summed E-state index contributed by atoms with van der Waals surface area (Å²) in [4.78, 5) is 16.9. The number of para-hydroxylation sites is 2. The van der Waals surface area contributed by atoms with Gasteiger partial charge in [-0.25, -0.2) is 4.98 Å². The van der Waals surface area contributed by atoms with Gasteiger partial charge in [0.2, 0.25) is 11.7 Å². The highest BCUT2D eigenvalue weighted by Gasteiger charge is 2.39. The summed E-state index contributed by atoms with van der Waals surface area (Å²) in [5, 5.41) is 9.16. The Morgan fingerprint density at radius 3 is 2.62 bits per heavy atom. The third-order valence-corrected chi connectivity index (χ3v) is 3.42. The number of β-amino-alcohol motifs (C(OH)–C–C–N with tert-alkyl or cyclic N) is 1. The number of nitrogens with zero attached hydrogens (tertiary/aromatic N) is 3. The van der Waals surface area contributed by atoms with Crippen LogP contribution in [0.2, 0.25) is 0 Å². The number of aromatic nitrogens is 2. The van der Waals surface area contributed by atoms with E-state index in [0.29, 0.717) is 0 Å². The molecule has 1 aliphatic heterocycles. The summed E-state index contributed by atoms with van der Waals surface area (Å²) in [7, 11) is 0. The van der Waals surface area contributed by atoms with Crippen molar-refractivity contribution in [1.82, 2.24) is 14.5 Å². The standard InChI is InChI=1S/C13H12F3N3O2/c14-13(15,16)12-17-9-3-1-2-4-10(9)19(12)7-11(21)18-5-8(20)6-18/h1-4,8,20H,5-7H2. The number of hydrogen-bond acceptors (Lipinski definition) is 3. The van der Waals surface area contributed by atoms with Crippen molar-refractivity contribution >= 4 is 16.9 Å². The summed E-state index contributed by atoms with van der Waals surface area (Å²) >= 11 is 0. The number of aliphatic hydroxyl groups is 1. The van der Waals surface area contributed by atoms with Crippen molar-refractivity contribution < 1.29 is 23.1 Å². The van der Waals surface area contributed by atoms with Gasteiger partial charge in [-0.2, -0.15) is 13.2 Å². The average molecular weight is 299 g/mol. The maximum atomic E-state index is 13.0. The maximum Gasteiger partial charge on any atom is 0.449 e. The van der Waals surface area contributed by atoms with Crippen LogP contribution in [0.15, 0.2) is 24.3 Å². The van der Waals surface area contributed by atoms with Crippen molar-refractivity contribution in [3.05, 3.63) is 30.1 Å². The molecule has 0 bridgehead atoms. The zero-order valence-corrected chi connectivity index (χ0v) is 10.8. The lowest BCUT2D eigenvalue weighted by molar-refractivity contribution is -0.149. The van der Waals surface area contributed by atoms with E-state index >= 15 is 0 Å². The molecule has 0 radical (unpaired) electrons. The fraction of sp³-hybridized carbons (Fsp3) is 0.385. The molecular formula is C13H12F3N3O2. The summed E-state index contributed by atoms with van der Waals surface area (Å²) < 4.78 is 40.0. The second-order valence-corrected chi connectivity index (χ2v) is 4.96. The number of imidazole rings is 1. The molecular weight excluding hydrogens is 287 g/mol. The molecule has 3 rings (SSSR count). The van der Waals surface area contributed by atoms with Crippen LogP contribution in [0.1, 0.15) is 5.82 Å². The van der Waals surface area contributed by atoms with E-state index in [4.69, 9.17) is 5.11 Å². The normalized spacial score (nSPS) is 16.3. The van der Waals surface area contributed by atoms with Crippen molar-refractivity contribution in [1.29, 1.82) is 0 Å². The highest BCUT2D eigenvalue weighted by atomic mass is 19.4. The molecule has 1 N–H and O–H groups in total. The molecule has 0 aliphatic carbocycles. The number of rotatable bonds is 2. The largest absolute Gasteiger partial charge is 0.449 e. The lowest BCUT2D eigenvalue weighted by atomic mass is 10.1. The molecule has 1 amide bonds. The Morgan fingerprint density at radius 2 is 2.00 bits per heavy atom. The van der Waals surface area contributed by atoms with Crippen LogP contribution >= 0.6 is 0 Å². The molecule has 0 atom stereocenters. The van der Waals surface area contributed by atoms with E-state index in [1.54, 1.807) is 12.1 Å². The van der Waals surface area contributed by atoms with Crippen LogP contribution in [0.5, 0.6) is 0 Å². The quantitative estimate of drug-likeness (QED) is 0.908. The number of likely N-dealkylation sites (tertiary alicyclic amines) is 1. The first-order valence-corrected chi connectivity index (χ1v) is 6.34. The molecule has 8 heteroatoms. The molecule has 1 fully saturated rings. The number of hydrogen-bond donors (Lipinski definition) is 1. The van der Waals surface area contributed by atoms with Crippen LogP contribution in [-0.2, 0) is 17.5 Å². The van der Waals surface area contributed by atoms with E-state index < -0.39 is 30.6 Å². The fourth-order valence-electron chi connectivity index (χ4n) is 2.35. The molecule has 1 aliphatic rings. The average Bonchev–Trinajstić information content (AvgIpc) is 2.74. The Labute approximate surface area is 117 Å². The third-order valence-electron chi connectivity index (χ3n) is 3.42. The fourth-order valence-corrected chi connectivity index (χ4v) is 2.35. The van der Waals surface area contributed by atoms with Crippen LogP contribution in [0.4, 0.5) is 13.2 Å². The molecule has 2 heterocycles. The summed E-state index contributed by atoms with van der Waals surface area (Å²) in [6, 6.07) is 6.15. The van der Waals surface area contributed by atoms with E-state index in [9.17, 15) is 18.0 Å². The second-order valence-electron chi connectivity index (χ2n) is 4.96. The van der Waals surface area contributed by atoms with Gasteiger partial charge in [0, 0.05) is 13.1 Å². The highest BCUT2D eigenvalue weighted by Crippen LogP contribution is 2.31. The molecule has 1 saturated heterocycles. The van der Waals surface area contributed by atoms with Gasteiger partial charge in [0.05, 0.1) is 17.1 Å². The van der Waals surface area contributed by atoms with Gasteiger partial charge in [-0.3, -0.25) is 4.79 Å². The van der Waals surface area contributed by atoms with Gasteiger partial charge in [-0.05, 0) is 12.1 Å². The van der Waals surface area contributed by atoms with Crippen LogP contribution in [-0.4, -0.2) is 44.7 Å². The van der Waals surface area contributed by atoms with Crippen molar-refractivity contribution in [3.63, 3.8) is 0 Å². The highest BCUT2D eigenvalue weighted by molar-refractivity contribution is 5.81. The molecule has 0 unspecified atom stereocenters. The minimum atomic E-state index is -4.63. The summed E-state index contributed by atoms with van der Waals surface area (Å²) in [6.45, 7) is -0.123. The van der Waals surface area contributed by atoms with Gasteiger partial charge in [-0.1, -0.05) is 12.1 Å². The first-order valence-electron chi connectivity index (χ1n) is 6.34. The van der Waals surface area contributed by atoms with E-state index in [1.165, 1.54) is 17.0 Å². The van der Waals surface area contributed by atoms with Gasteiger partial charge in [-0.15, -0.1) is 0 Å². The van der Waals surface area contributed by atoms with Crippen LogP contribution in [0.3, 0.4) is 0 Å². The van der Waals surface area contributed by atoms with Gasteiger partial charge >= 0.3 is 6.18 Å². The minimum Gasteiger partial charge on any atom is -0.389 e. The molecule has 2 aromatic rings. The molecule has 1 aromatic carbocycles. The molecule has 5 nitrogen and oxygen atoms in total. The van der Waals surface area contributed by atoms with E-state index in [0.717, 1.165) is 4.57 Å². The maximum absolute atomic E-state index is 13.0. The molecule has 0 spiro atoms. The van der Waals surface area contributed by atoms with Gasteiger partial charge in [0.25, 0.3) is 0 Å². The lowest BCUT2D eigenvalue weighted by Gasteiger charge is -2.36. The number of carbonyl (C=O) groups excluding carboxylic acids is 1. The third kappa shape index (κ3) is 2.46. The zero-order chi connectivity index (χ0) is 15.2. The van der Waals surface area contributed by atoms with Crippen molar-refractivity contribution in [2.24, 2.45) is 0 Å². The number of fused-ring (bicyclic) bond motifs is 1. The van der Waals surface area contributed by atoms with Crippen molar-refractivity contribution in [2.45, 2.75) is 18.8 Å². The lowest BCUT2D eigenvalue weighted by Crippen LogP contribution is -2.54. The van der Waals surface area contributed by atoms with Crippen LogP contribution in [0, 0.1) is 0 Å². The van der Waals surface area contributed by atoms with Gasteiger partial charge in [0.1, 0.15) is 6.54 Å². The zero-order valence-electron chi connectivity index (χ0n) is 10.8. The van der Waals surface area contributed by atoms with Gasteiger partial charge < -0.3 is 14.6 Å². The molecule has 0 saturated carbocycles. The Balaban J connectivity index is 1.97. The number of amides is 1. The first kappa shape index (κ1) is 13.9. The van der Waals surface area contributed by atoms with E-state index in [2.05, 4.69) is 4.98 Å². The van der Waals surface area contributed by atoms with Crippen LogP contribution in [0.25, 0.3) is 11.0 Å². The summed E-state index contributed by atoms with van der Waals surface area (Å²) in [5.41, 5.74) is 0.459. The molecule has 21 heavy (non-hydrogen) atoms. The smallest absolute Gasteiger partial charge is 0.389 e. The number of halogens is 3. The second kappa shape index (κ2) is 4.73. The topological polar surface area (TPSA) is 58.4 Å².